The minimum Gasteiger partial charge on any atom is -0.373 e. The molecule has 1 aliphatic heterocycles. The number of ether oxygens (including phenoxy) is 1. The molecule has 3 atom stereocenters. The van der Waals surface area contributed by atoms with Gasteiger partial charge in [-0.15, -0.1) is 0 Å². The molecule has 3 unspecified atom stereocenters. The predicted molar refractivity (Wildman–Crippen MR) is 66.4 cm³/mol. The first-order valence-electron chi connectivity index (χ1n) is 6.35. The summed E-state index contributed by atoms with van der Waals surface area (Å²) in [7, 11) is 0. The highest BCUT2D eigenvalue weighted by Gasteiger charge is 2.30. The van der Waals surface area contributed by atoms with Gasteiger partial charge in [-0.3, -0.25) is 0 Å². The van der Waals surface area contributed by atoms with E-state index >= 15 is 0 Å². The number of benzene rings is 1. The van der Waals surface area contributed by atoms with Gasteiger partial charge in [-0.25, -0.2) is 4.39 Å². The van der Waals surface area contributed by atoms with Gasteiger partial charge in [0.25, 0.3) is 0 Å². The van der Waals surface area contributed by atoms with Gasteiger partial charge in [-0.05, 0) is 44.0 Å². The van der Waals surface area contributed by atoms with Crippen LogP contribution in [0, 0.1) is 5.82 Å². The Hall–Kier alpha value is -0.930. The van der Waals surface area contributed by atoms with E-state index in [0.717, 1.165) is 24.9 Å². The van der Waals surface area contributed by atoms with E-state index in [2.05, 4.69) is 19.2 Å². The van der Waals surface area contributed by atoms with Crippen molar-refractivity contribution in [2.75, 3.05) is 6.54 Å². The van der Waals surface area contributed by atoms with Crippen molar-refractivity contribution in [3.8, 4) is 0 Å². The molecule has 0 bridgehead atoms. The molecule has 0 aliphatic carbocycles. The highest BCUT2D eigenvalue weighted by molar-refractivity contribution is 5.21. The Balaban J connectivity index is 2.16. The molecule has 0 aromatic heterocycles. The zero-order valence-corrected chi connectivity index (χ0v) is 10.4. The third kappa shape index (κ3) is 3.05. The van der Waals surface area contributed by atoms with Crippen molar-refractivity contribution in [2.45, 2.75) is 44.9 Å². The molecule has 3 heteroatoms. The van der Waals surface area contributed by atoms with Gasteiger partial charge in [0.2, 0.25) is 0 Å². The monoisotopic (exact) mass is 237 g/mol. The molecule has 0 amide bonds. The SMILES string of the molecule is CCNC(c1cccc(F)c1)C1CCC(C)O1. The maximum atomic E-state index is 13.3. The number of hydrogen-bond acceptors (Lipinski definition) is 2. The average molecular weight is 237 g/mol. The normalized spacial score (nSPS) is 26.1. The van der Waals surface area contributed by atoms with Crippen molar-refractivity contribution in [1.82, 2.24) is 5.32 Å². The lowest BCUT2D eigenvalue weighted by Gasteiger charge is -2.25. The van der Waals surface area contributed by atoms with Crippen LogP contribution in [0.25, 0.3) is 0 Å². The van der Waals surface area contributed by atoms with Crippen LogP contribution in [0.1, 0.15) is 38.3 Å². The van der Waals surface area contributed by atoms with Crippen LogP contribution in [0.5, 0.6) is 0 Å². The van der Waals surface area contributed by atoms with Crippen molar-refractivity contribution in [1.29, 1.82) is 0 Å². The summed E-state index contributed by atoms with van der Waals surface area (Å²) >= 11 is 0. The molecule has 2 rings (SSSR count). The van der Waals surface area contributed by atoms with Crippen LogP contribution in [0.2, 0.25) is 0 Å². The van der Waals surface area contributed by atoms with Gasteiger partial charge < -0.3 is 10.1 Å². The molecular formula is C14H20FNO. The van der Waals surface area contributed by atoms with E-state index in [0.29, 0.717) is 6.10 Å². The molecule has 94 valence electrons. The van der Waals surface area contributed by atoms with E-state index in [-0.39, 0.29) is 18.0 Å². The lowest BCUT2D eigenvalue weighted by Crippen LogP contribution is -2.32. The second kappa shape index (κ2) is 5.61. The molecule has 0 radical (unpaired) electrons. The standard InChI is InChI=1S/C14H20FNO/c1-3-16-14(13-8-7-10(2)17-13)11-5-4-6-12(15)9-11/h4-6,9-10,13-14,16H,3,7-8H2,1-2H3. The molecule has 1 fully saturated rings. The summed E-state index contributed by atoms with van der Waals surface area (Å²) in [4.78, 5) is 0. The van der Waals surface area contributed by atoms with Crippen LogP contribution in [0.3, 0.4) is 0 Å². The van der Waals surface area contributed by atoms with Crippen LogP contribution >= 0.6 is 0 Å². The first kappa shape index (κ1) is 12.5. The van der Waals surface area contributed by atoms with Crippen LogP contribution in [0.4, 0.5) is 4.39 Å². The molecule has 1 saturated heterocycles. The minimum atomic E-state index is -0.184. The van der Waals surface area contributed by atoms with Crippen LogP contribution in [0.15, 0.2) is 24.3 Å². The van der Waals surface area contributed by atoms with Crippen molar-refractivity contribution in [2.24, 2.45) is 0 Å². The van der Waals surface area contributed by atoms with E-state index < -0.39 is 0 Å². The van der Waals surface area contributed by atoms with E-state index in [1.807, 2.05) is 6.07 Å². The number of halogens is 1. The highest BCUT2D eigenvalue weighted by Crippen LogP contribution is 2.30. The molecule has 1 aromatic carbocycles. The highest BCUT2D eigenvalue weighted by atomic mass is 19.1. The Bertz CT molecular complexity index is 369. The van der Waals surface area contributed by atoms with Crippen molar-refractivity contribution >= 4 is 0 Å². The van der Waals surface area contributed by atoms with Gasteiger partial charge in [-0.2, -0.15) is 0 Å². The second-order valence-corrected chi connectivity index (χ2v) is 4.65. The zero-order chi connectivity index (χ0) is 12.3. The molecular weight excluding hydrogens is 217 g/mol. The van der Waals surface area contributed by atoms with Crippen LogP contribution in [-0.4, -0.2) is 18.8 Å². The largest absolute Gasteiger partial charge is 0.373 e. The summed E-state index contributed by atoms with van der Waals surface area (Å²) in [6.45, 7) is 5.01. The van der Waals surface area contributed by atoms with Gasteiger partial charge >= 0.3 is 0 Å². The topological polar surface area (TPSA) is 21.3 Å². The van der Waals surface area contributed by atoms with E-state index in [1.165, 1.54) is 6.07 Å². The van der Waals surface area contributed by atoms with E-state index in [9.17, 15) is 4.39 Å². The molecule has 1 heterocycles. The summed E-state index contributed by atoms with van der Waals surface area (Å²) in [6, 6.07) is 6.89. The average Bonchev–Trinajstić information content (AvgIpc) is 2.72. The Morgan fingerprint density at radius 2 is 2.29 bits per heavy atom. The number of rotatable bonds is 4. The maximum Gasteiger partial charge on any atom is 0.123 e. The number of hydrogen-bond donors (Lipinski definition) is 1. The fourth-order valence-corrected chi connectivity index (χ4v) is 2.46. The fraction of sp³-hybridized carbons (Fsp3) is 0.571. The first-order valence-corrected chi connectivity index (χ1v) is 6.35. The second-order valence-electron chi connectivity index (χ2n) is 4.65. The summed E-state index contributed by atoms with van der Waals surface area (Å²) in [5.41, 5.74) is 0.978. The Morgan fingerprint density at radius 3 is 2.88 bits per heavy atom. The van der Waals surface area contributed by atoms with Gasteiger partial charge in [0, 0.05) is 0 Å². The minimum absolute atomic E-state index is 0.0978. The number of nitrogens with one attached hydrogen (secondary N) is 1. The fourth-order valence-electron chi connectivity index (χ4n) is 2.46. The third-order valence-electron chi connectivity index (χ3n) is 3.27. The maximum absolute atomic E-state index is 13.3. The molecule has 0 spiro atoms. The van der Waals surface area contributed by atoms with Gasteiger partial charge in [0.05, 0.1) is 18.2 Å². The number of likely N-dealkylation sites (N-methyl/N-ethyl adjacent to an activating group) is 1. The lowest BCUT2D eigenvalue weighted by molar-refractivity contribution is 0.0319. The summed E-state index contributed by atoms with van der Waals surface area (Å²) in [6.07, 6.45) is 2.60. The quantitative estimate of drug-likeness (QED) is 0.869. The Morgan fingerprint density at radius 1 is 1.47 bits per heavy atom. The van der Waals surface area contributed by atoms with Gasteiger partial charge in [-0.1, -0.05) is 19.1 Å². The molecule has 1 N–H and O–H groups in total. The molecule has 1 aromatic rings. The zero-order valence-electron chi connectivity index (χ0n) is 10.4. The molecule has 1 aliphatic rings. The lowest BCUT2D eigenvalue weighted by atomic mass is 9.99. The van der Waals surface area contributed by atoms with Crippen molar-refractivity contribution < 1.29 is 9.13 Å². The van der Waals surface area contributed by atoms with Crippen molar-refractivity contribution in [3.05, 3.63) is 35.6 Å². The smallest absolute Gasteiger partial charge is 0.123 e. The molecule has 0 saturated carbocycles. The van der Waals surface area contributed by atoms with Gasteiger partial charge in [0.15, 0.2) is 0 Å². The molecule has 17 heavy (non-hydrogen) atoms. The summed E-state index contributed by atoms with van der Waals surface area (Å²) < 4.78 is 19.1. The van der Waals surface area contributed by atoms with Crippen LogP contribution in [-0.2, 0) is 4.74 Å². The van der Waals surface area contributed by atoms with Crippen LogP contribution < -0.4 is 5.32 Å². The van der Waals surface area contributed by atoms with E-state index in [1.54, 1.807) is 12.1 Å². The summed E-state index contributed by atoms with van der Waals surface area (Å²) in [5, 5.41) is 3.40. The Labute approximate surface area is 102 Å². The van der Waals surface area contributed by atoms with Crippen molar-refractivity contribution in [3.63, 3.8) is 0 Å². The third-order valence-corrected chi connectivity index (χ3v) is 3.27. The Kier molecular flexibility index (Phi) is 4.13. The van der Waals surface area contributed by atoms with E-state index in [4.69, 9.17) is 4.74 Å². The first-order chi connectivity index (χ1) is 8.20. The summed E-state index contributed by atoms with van der Waals surface area (Å²) in [5.74, 6) is -0.184. The van der Waals surface area contributed by atoms with Gasteiger partial charge in [0.1, 0.15) is 5.82 Å². The predicted octanol–water partition coefficient (Wildman–Crippen LogP) is 3.04. The molecule has 2 nitrogen and oxygen atoms in total.